The first-order valence-corrected chi connectivity index (χ1v) is 7.56. The van der Waals surface area contributed by atoms with Crippen LogP contribution in [0.4, 0.5) is 17.6 Å². The van der Waals surface area contributed by atoms with E-state index in [1.54, 1.807) is 0 Å². The zero-order valence-electron chi connectivity index (χ0n) is 13.6. The average Bonchev–Trinajstić information content (AvgIpc) is 3.10. The van der Waals surface area contributed by atoms with Crippen LogP contribution in [0.3, 0.4) is 0 Å². The molecule has 0 aromatic heterocycles. The zero-order chi connectivity index (χ0) is 19.0. The topological polar surface area (TPSA) is 66.7 Å². The largest absolute Gasteiger partial charge is 0.411 e. The Morgan fingerprint density at radius 2 is 1.29 bits per heavy atom. The number of oxime groups is 1. The molecule has 2 aromatic carbocycles. The fourth-order valence-electron chi connectivity index (χ4n) is 2.88. The van der Waals surface area contributed by atoms with Gasteiger partial charge in [0.1, 0.15) is 5.71 Å². The van der Waals surface area contributed by atoms with Gasteiger partial charge in [-0.05, 0) is 41.8 Å². The number of carbonyl (C=O) groups excluding carboxylic acids is 2. The molecular formula is C19H16ClF4NO3. The number of hydrogen-bond acceptors (Lipinski definition) is 4. The third-order valence-electron chi connectivity index (χ3n) is 4.20. The zero-order valence-corrected chi connectivity index (χ0v) is 14.4. The van der Waals surface area contributed by atoms with Crippen molar-refractivity contribution in [1.82, 2.24) is 0 Å². The van der Waals surface area contributed by atoms with Crippen LogP contribution in [0.1, 0.15) is 45.7 Å². The fourth-order valence-corrected chi connectivity index (χ4v) is 2.88. The van der Waals surface area contributed by atoms with E-state index in [0.717, 1.165) is 24.3 Å². The molecule has 0 aliphatic heterocycles. The summed E-state index contributed by atoms with van der Waals surface area (Å²) in [5.41, 5.74) is 1.29. The van der Waals surface area contributed by atoms with E-state index in [1.165, 1.54) is 0 Å². The minimum absolute atomic E-state index is 0. The van der Waals surface area contributed by atoms with Crippen molar-refractivity contribution in [2.45, 2.75) is 26.7 Å². The summed E-state index contributed by atoms with van der Waals surface area (Å²) in [6.07, 6.45) is 0.950. The van der Waals surface area contributed by atoms with Gasteiger partial charge >= 0.3 is 0 Å². The number of carbonyl (C=O) groups is 2. The predicted molar refractivity (Wildman–Crippen MR) is 96.6 cm³/mol. The van der Waals surface area contributed by atoms with Gasteiger partial charge < -0.3 is 5.21 Å². The molecule has 1 N–H and O–H groups in total. The van der Waals surface area contributed by atoms with Gasteiger partial charge in [-0.15, -0.1) is 12.4 Å². The molecule has 0 amide bonds. The summed E-state index contributed by atoms with van der Waals surface area (Å²) >= 11 is 0. The second-order valence-corrected chi connectivity index (χ2v) is 5.82. The second-order valence-electron chi connectivity index (χ2n) is 5.82. The standard InChI is InChI=1S/C9H5F2NO2.C9H6F2O.CH4.ClH/c10-6-1-4-2-8(12-14)9(13)5(4)3-7(6)11;10-7-3-5-1-2-9(12)6(5)4-8(7)11;;/h1,3,14H,2H2;3-4H,1-2H2;1H4;1H/b12-8+;;;. The van der Waals surface area contributed by atoms with Gasteiger partial charge in [-0.3, -0.25) is 9.59 Å². The highest BCUT2D eigenvalue weighted by Gasteiger charge is 2.28. The molecular weight excluding hydrogens is 402 g/mol. The lowest BCUT2D eigenvalue weighted by Crippen LogP contribution is -2.07. The fraction of sp³-hybridized carbons (Fsp3) is 0.211. The van der Waals surface area contributed by atoms with Gasteiger partial charge in [0.05, 0.1) is 0 Å². The smallest absolute Gasteiger partial charge is 0.211 e. The maximum atomic E-state index is 12.7. The van der Waals surface area contributed by atoms with E-state index in [9.17, 15) is 27.2 Å². The maximum absolute atomic E-state index is 12.7. The molecule has 0 heterocycles. The van der Waals surface area contributed by atoms with Crippen LogP contribution in [0.5, 0.6) is 0 Å². The Bertz CT molecular complexity index is 976. The Balaban J connectivity index is 0.000000264. The van der Waals surface area contributed by atoms with Gasteiger partial charge in [0, 0.05) is 24.0 Å². The van der Waals surface area contributed by atoms with E-state index in [2.05, 4.69) is 5.16 Å². The molecule has 0 fully saturated rings. The quantitative estimate of drug-likeness (QED) is 0.384. The summed E-state index contributed by atoms with van der Waals surface area (Å²) in [5, 5.41) is 11.2. The van der Waals surface area contributed by atoms with Crippen molar-refractivity contribution in [3.05, 3.63) is 69.8 Å². The van der Waals surface area contributed by atoms with E-state index in [0.29, 0.717) is 29.5 Å². The Morgan fingerprint density at radius 3 is 1.86 bits per heavy atom. The minimum Gasteiger partial charge on any atom is -0.411 e. The van der Waals surface area contributed by atoms with Crippen molar-refractivity contribution in [1.29, 1.82) is 0 Å². The molecule has 0 radical (unpaired) electrons. The van der Waals surface area contributed by atoms with Gasteiger partial charge in [0.15, 0.2) is 29.1 Å². The van der Waals surface area contributed by atoms with Crippen LogP contribution >= 0.6 is 12.4 Å². The molecule has 0 saturated heterocycles. The first kappa shape index (κ1) is 23.3. The molecule has 0 bridgehead atoms. The van der Waals surface area contributed by atoms with E-state index >= 15 is 0 Å². The van der Waals surface area contributed by atoms with E-state index in [4.69, 9.17) is 5.21 Å². The Hall–Kier alpha value is -2.74. The molecule has 28 heavy (non-hydrogen) atoms. The molecule has 2 aliphatic carbocycles. The summed E-state index contributed by atoms with van der Waals surface area (Å²) in [5.74, 6) is -4.54. The molecule has 0 spiro atoms. The first-order chi connectivity index (χ1) is 12.3. The molecule has 4 nitrogen and oxygen atoms in total. The number of aryl methyl sites for hydroxylation is 1. The highest BCUT2D eigenvalue weighted by Crippen LogP contribution is 2.24. The van der Waals surface area contributed by atoms with Crippen LogP contribution in [0.25, 0.3) is 0 Å². The maximum Gasteiger partial charge on any atom is 0.211 e. The summed E-state index contributed by atoms with van der Waals surface area (Å²) in [6.45, 7) is 0. The van der Waals surface area contributed by atoms with Crippen LogP contribution < -0.4 is 0 Å². The van der Waals surface area contributed by atoms with Crippen molar-refractivity contribution in [2.75, 3.05) is 0 Å². The van der Waals surface area contributed by atoms with E-state index < -0.39 is 29.1 Å². The lowest BCUT2D eigenvalue weighted by Gasteiger charge is -1.97. The molecule has 0 unspecified atom stereocenters. The number of ketones is 2. The average molecular weight is 418 g/mol. The van der Waals surface area contributed by atoms with Crippen LogP contribution in [0.15, 0.2) is 29.4 Å². The van der Waals surface area contributed by atoms with Crippen LogP contribution in [-0.4, -0.2) is 22.5 Å². The molecule has 0 saturated carbocycles. The van der Waals surface area contributed by atoms with Gasteiger partial charge in [0.25, 0.3) is 0 Å². The summed E-state index contributed by atoms with van der Waals surface area (Å²) in [7, 11) is 0. The van der Waals surface area contributed by atoms with Crippen LogP contribution in [0.2, 0.25) is 0 Å². The van der Waals surface area contributed by atoms with Crippen molar-refractivity contribution in [3.8, 4) is 0 Å². The number of rotatable bonds is 0. The van der Waals surface area contributed by atoms with Crippen LogP contribution in [-0.2, 0) is 12.8 Å². The summed E-state index contributed by atoms with van der Waals surface area (Å²) in [4.78, 5) is 22.4. The van der Waals surface area contributed by atoms with Crippen LogP contribution in [0, 0.1) is 23.3 Å². The second kappa shape index (κ2) is 8.97. The molecule has 2 aliphatic rings. The molecule has 0 atom stereocenters. The highest BCUT2D eigenvalue weighted by molar-refractivity contribution is 6.49. The third kappa shape index (κ3) is 4.22. The summed E-state index contributed by atoms with van der Waals surface area (Å²) in [6, 6.07) is 3.86. The minimum atomic E-state index is -1.07. The molecule has 150 valence electrons. The monoisotopic (exact) mass is 417 g/mol. The van der Waals surface area contributed by atoms with Crippen molar-refractivity contribution in [3.63, 3.8) is 0 Å². The van der Waals surface area contributed by atoms with E-state index in [1.807, 2.05) is 0 Å². The Labute approximate surface area is 164 Å². The number of Topliss-reactive ketones (excluding diaryl/α,β-unsaturated/α-hetero) is 2. The lowest BCUT2D eigenvalue weighted by atomic mass is 10.1. The number of hydrogen-bond donors (Lipinski definition) is 1. The predicted octanol–water partition coefficient (Wildman–Crippen LogP) is 4.69. The molecule has 4 rings (SSSR count). The van der Waals surface area contributed by atoms with Crippen molar-refractivity contribution in [2.24, 2.45) is 5.16 Å². The van der Waals surface area contributed by atoms with E-state index in [-0.39, 0.29) is 43.3 Å². The van der Waals surface area contributed by atoms with Gasteiger partial charge in [-0.2, -0.15) is 0 Å². The Kier molecular flexibility index (Phi) is 7.46. The van der Waals surface area contributed by atoms with Crippen molar-refractivity contribution < 1.29 is 32.4 Å². The molecule has 2 aromatic rings. The number of nitrogens with zero attached hydrogens (tertiary/aromatic N) is 1. The molecule has 9 heteroatoms. The first-order valence-electron chi connectivity index (χ1n) is 7.56. The van der Waals surface area contributed by atoms with Gasteiger partial charge in [-0.1, -0.05) is 12.6 Å². The van der Waals surface area contributed by atoms with Gasteiger partial charge in [-0.25, -0.2) is 17.6 Å². The number of benzene rings is 2. The number of fused-ring (bicyclic) bond motifs is 2. The number of halogens is 5. The normalized spacial score (nSPS) is 15.2. The van der Waals surface area contributed by atoms with Crippen molar-refractivity contribution >= 4 is 29.7 Å². The highest BCUT2D eigenvalue weighted by atomic mass is 35.5. The lowest BCUT2D eigenvalue weighted by molar-refractivity contribution is 0.0993. The summed E-state index contributed by atoms with van der Waals surface area (Å²) < 4.78 is 50.7. The van der Waals surface area contributed by atoms with Gasteiger partial charge in [0.2, 0.25) is 5.78 Å². The SMILES string of the molecule is C.Cl.O=C1/C(=N/O)Cc2cc(F)c(F)cc21.O=C1CCc2cc(F)c(F)cc21. The Morgan fingerprint density at radius 1 is 0.786 bits per heavy atom. The third-order valence-corrected chi connectivity index (χ3v) is 4.20.